The molecule has 1 aromatic carbocycles. The van der Waals surface area contributed by atoms with Gasteiger partial charge in [-0.15, -0.1) is 0 Å². The van der Waals surface area contributed by atoms with E-state index in [0.717, 1.165) is 44.8 Å². The van der Waals surface area contributed by atoms with Crippen LogP contribution in [-0.2, 0) is 0 Å². The fourth-order valence-corrected chi connectivity index (χ4v) is 2.69. The molecule has 1 aliphatic heterocycles. The Morgan fingerprint density at radius 1 is 1.14 bits per heavy atom. The third-order valence-electron chi connectivity index (χ3n) is 4.11. The SMILES string of the molecule is CN(C)CCN1CCN(CC(O)c2ccccc2N)CC1. The number of piperazine rings is 1. The van der Waals surface area contributed by atoms with Crippen molar-refractivity contribution in [1.82, 2.24) is 14.7 Å². The average molecular weight is 292 g/mol. The molecule has 1 heterocycles. The predicted molar refractivity (Wildman–Crippen MR) is 87.2 cm³/mol. The van der Waals surface area contributed by atoms with Crippen LogP contribution in [0.5, 0.6) is 0 Å². The Morgan fingerprint density at radius 3 is 2.38 bits per heavy atom. The Balaban J connectivity index is 1.77. The third-order valence-corrected chi connectivity index (χ3v) is 4.11. The van der Waals surface area contributed by atoms with Gasteiger partial charge in [-0.2, -0.15) is 0 Å². The first kappa shape index (κ1) is 16.2. The lowest BCUT2D eigenvalue weighted by Gasteiger charge is -2.36. The summed E-state index contributed by atoms with van der Waals surface area (Å²) >= 11 is 0. The molecule has 5 heteroatoms. The number of likely N-dealkylation sites (N-methyl/N-ethyl adjacent to an activating group) is 1. The number of aliphatic hydroxyl groups is 1. The molecule has 0 bridgehead atoms. The van der Waals surface area contributed by atoms with Gasteiger partial charge in [0, 0.05) is 57.1 Å². The maximum atomic E-state index is 10.4. The van der Waals surface area contributed by atoms with E-state index in [0.29, 0.717) is 12.2 Å². The molecule has 0 aliphatic carbocycles. The number of benzene rings is 1. The Kier molecular flexibility index (Phi) is 5.99. The van der Waals surface area contributed by atoms with Gasteiger partial charge in [0.15, 0.2) is 0 Å². The smallest absolute Gasteiger partial charge is 0.0936 e. The third kappa shape index (κ3) is 4.97. The van der Waals surface area contributed by atoms with Gasteiger partial charge < -0.3 is 15.7 Å². The van der Waals surface area contributed by atoms with Gasteiger partial charge in [0.05, 0.1) is 6.10 Å². The molecule has 1 aromatic rings. The van der Waals surface area contributed by atoms with Gasteiger partial charge in [-0.25, -0.2) is 0 Å². The zero-order valence-corrected chi connectivity index (χ0v) is 13.2. The standard InChI is InChI=1S/C16H28N4O/c1-18(2)7-8-19-9-11-20(12-10-19)13-16(21)14-5-3-4-6-15(14)17/h3-6,16,21H,7-13,17H2,1-2H3. The number of nitrogens with zero attached hydrogens (tertiary/aromatic N) is 3. The fraction of sp³-hybridized carbons (Fsp3) is 0.625. The average Bonchev–Trinajstić information content (AvgIpc) is 2.47. The van der Waals surface area contributed by atoms with Crippen molar-refractivity contribution in [3.8, 4) is 0 Å². The lowest BCUT2D eigenvalue weighted by molar-refractivity contribution is 0.0708. The summed E-state index contributed by atoms with van der Waals surface area (Å²) in [5, 5.41) is 10.4. The number of nitrogens with two attached hydrogens (primary N) is 1. The topological polar surface area (TPSA) is 56.0 Å². The van der Waals surface area contributed by atoms with E-state index in [1.807, 2.05) is 24.3 Å². The second-order valence-corrected chi connectivity index (χ2v) is 6.09. The van der Waals surface area contributed by atoms with E-state index in [4.69, 9.17) is 5.73 Å². The normalized spacial score (nSPS) is 19.0. The van der Waals surface area contributed by atoms with Crippen molar-refractivity contribution in [2.75, 3.05) is 65.6 Å². The van der Waals surface area contributed by atoms with Crippen LogP contribution in [0, 0.1) is 0 Å². The van der Waals surface area contributed by atoms with Crippen molar-refractivity contribution in [3.05, 3.63) is 29.8 Å². The minimum Gasteiger partial charge on any atom is -0.398 e. The van der Waals surface area contributed by atoms with Crippen molar-refractivity contribution in [2.45, 2.75) is 6.10 Å². The molecule has 1 saturated heterocycles. The van der Waals surface area contributed by atoms with Gasteiger partial charge in [-0.05, 0) is 20.2 Å². The van der Waals surface area contributed by atoms with E-state index in [2.05, 4.69) is 28.8 Å². The lowest BCUT2D eigenvalue weighted by Crippen LogP contribution is -2.48. The minimum atomic E-state index is -0.500. The molecular weight excluding hydrogens is 264 g/mol. The molecule has 1 atom stereocenters. The zero-order valence-electron chi connectivity index (χ0n) is 13.2. The number of rotatable bonds is 6. The summed E-state index contributed by atoms with van der Waals surface area (Å²) in [5.74, 6) is 0. The van der Waals surface area contributed by atoms with Crippen LogP contribution in [0.4, 0.5) is 5.69 Å². The number of hydrogen-bond donors (Lipinski definition) is 2. The first-order valence-electron chi connectivity index (χ1n) is 7.68. The van der Waals surface area contributed by atoms with Crippen molar-refractivity contribution in [3.63, 3.8) is 0 Å². The maximum absolute atomic E-state index is 10.4. The molecule has 0 radical (unpaired) electrons. The predicted octanol–water partition coefficient (Wildman–Crippen LogP) is 0.481. The van der Waals surface area contributed by atoms with E-state index in [-0.39, 0.29) is 0 Å². The second-order valence-electron chi connectivity index (χ2n) is 6.09. The highest BCUT2D eigenvalue weighted by Gasteiger charge is 2.20. The summed E-state index contributed by atoms with van der Waals surface area (Å²) in [4.78, 5) is 7.03. The van der Waals surface area contributed by atoms with Crippen molar-refractivity contribution >= 4 is 5.69 Å². The van der Waals surface area contributed by atoms with Gasteiger partial charge >= 0.3 is 0 Å². The van der Waals surface area contributed by atoms with Gasteiger partial charge in [0.1, 0.15) is 0 Å². The highest BCUT2D eigenvalue weighted by Crippen LogP contribution is 2.21. The first-order valence-corrected chi connectivity index (χ1v) is 7.68. The van der Waals surface area contributed by atoms with Gasteiger partial charge in [0.2, 0.25) is 0 Å². The van der Waals surface area contributed by atoms with Crippen LogP contribution in [0.25, 0.3) is 0 Å². The molecule has 118 valence electrons. The molecule has 1 unspecified atom stereocenters. The van der Waals surface area contributed by atoms with Crippen LogP contribution in [-0.4, -0.2) is 79.7 Å². The Hall–Kier alpha value is -1.14. The van der Waals surface area contributed by atoms with Gasteiger partial charge in [-0.1, -0.05) is 18.2 Å². The highest BCUT2D eigenvalue weighted by atomic mass is 16.3. The van der Waals surface area contributed by atoms with E-state index in [1.165, 1.54) is 0 Å². The molecule has 3 N–H and O–H groups in total. The van der Waals surface area contributed by atoms with E-state index in [1.54, 1.807) is 0 Å². The van der Waals surface area contributed by atoms with Gasteiger partial charge in [-0.3, -0.25) is 9.80 Å². The van der Waals surface area contributed by atoms with Crippen LogP contribution in [0.15, 0.2) is 24.3 Å². The highest BCUT2D eigenvalue weighted by molar-refractivity contribution is 5.47. The maximum Gasteiger partial charge on any atom is 0.0936 e. The number of aliphatic hydroxyl groups excluding tert-OH is 1. The number of β-amino-alcohol motifs (C(OH)–C–C–N with tert-alkyl or cyclic N) is 1. The largest absolute Gasteiger partial charge is 0.398 e. The number of anilines is 1. The number of para-hydroxylation sites is 1. The Labute approximate surface area is 127 Å². The molecule has 0 aromatic heterocycles. The Bertz CT molecular complexity index is 430. The van der Waals surface area contributed by atoms with E-state index in [9.17, 15) is 5.11 Å². The van der Waals surface area contributed by atoms with Crippen LogP contribution >= 0.6 is 0 Å². The van der Waals surface area contributed by atoms with Gasteiger partial charge in [0.25, 0.3) is 0 Å². The molecule has 0 amide bonds. The monoisotopic (exact) mass is 292 g/mol. The first-order chi connectivity index (χ1) is 10.1. The quantitative estimate of drug-likeness (QED) is 0.747. The van der Waals surface area contributed by atoms with Crippen LogP contribution in [0.1, 0.15) is 11.7 Å². The zero-order chi connectivity index (χ0) is 15.2. The molecule has 2 rings (SSSR count). The molecule has 1 fully saturated rings. The number of hydrogen-bond acceptors (Lipinski definition) is 5. The molecule has 0 spiro atoms. The van der Waals surface area contributed by atoms with Crippen molar-refractivity contribution < 1.29 is 5.11 Å². The van der Waals surface area contributed by atoms with Crippen LogP contribution in [0.2, 0.25) is 0 Å². The van der Waals surface area contributed by atoms with E-state index >= 15 is 0 Å². The van der Waals surface area contributed by atoms with Crippen LogP contribution in [0.3, 0.4) is 0 Å². The molecular formula is C16H28N4O. The summed E-state index contributed by atoms with van der Waals surface area (Å²) in [7, 11) is 4.22. The Morgan fingerprint density at radius 2 is 1.76 bits per heavy atom. The summed E-state index contributed by atoms with van der Waals surface area (Å²) in [6.45, 7) is 7.05. The molecule has 5 nitrogen and oxygen atoms in total. The molecule has 21 heavy (non-hydrogen) atoms. The van der Waals surface area contributed by atoms with E-state index < -0.39 is 6.10 Å². The summed E-state index contributed by atoms with van der Waals surface area (Å²) in [5.41, 5.74) is 7.44. The van der Waals surface area contributed by atoms with Crippen molar-refractivity contribution in [1.29, 1.82) is 0 Å². The second kappa shape index (κ2) is 7.75. The fourth-order valence-electron chi connectivity index (χ4n) is 2.69. The minimum absolute atomic E-state index is 0.500. The van der Waals surface area contributed by atoms with Crippen LogP contribution < -0.4 is 5.73 Å². The molecule has 0 saturated carbocycles. The van der Waals surface area contributed by atoms with Crippen molar-refractivity contribution in [2.24, 2.45) is 0 Å². The lowest BCUT2D eigenvalue weighted by atomic mass is 10.1. The molecule has 1 aliphatic rings. The summed E-state index contributed by atoms with van der Waals surface area (Å²) in [6, 6.07) is 7.58. The number of nitrogen functional groups attached to an aromatic ring is 1. The summed E-state index contributed by atoms with van der Waals surface area (Å²) in [6.07, 6.45) is -0.500. The summed E-state index contributed by atoms with van der Waals surface area (Å²) < 4.78 is 0.